The van der Waals surface area contributed by atoms with E-state index in [9.17, 15) is 0 Å². The lowest BCUT2D eigenvalue weighted by atomic mass is 10.3. The molecule has 0 spiro atoms. The Kier molecular flexibility index (Phi) is 2.94. The second-order valence-corrected chi connectivity index (χ2v) is 2.33. The third-order valence-corrected chi connectivity index (χ3v) is 1.39. The number of aliphatic hydroxyl groups excluding tert-OH is 2. The molecule has 0 bridgehead atoms. The molecule has 0 aliphatic carbocycles. The minimum absolute atomic E-state index is 0.163. The Hall–Kier alpha value is -1.21. The van der Waals surface area contributed by atoms with Gasteiger partial charge in [0, 0.05) is 7.05 Å². The van der Waals surface area contributed by atoms with Crippen molar-refractivity contribution in [2.75, 3.05) is 18.5 Å². The van der Waals surface area contributed by atoms with E-state index in [0.29, 0.717) is 5.95 Å². The Morgan fingerprint density at radius 1 is 1.50 bits per heavy atom. The van der Waals surface area contributed by atoms with Gasteiger partial charge >= 0.3 is 0 Å². The maximum Gasteiger partial charge on any atom is 0.243 e. The lowest BCUT2D eigenvalue weighted by Gasteiger charge is -2.11. The van der Waals surface area contributed by atoms with Crippen LogP contribution < -0.4 is 5.32 Å². The van der Waals surface area contributed by atoms with Crippen LogP contribution in [0.3, 0.4) is 0 Å². The zero-order valence-electron chi connectivity index (χ0n) is 6.67. The van der Waals surface area contributed by atoms with Crippen molar-refractivity contribution < 1.29 is 10.2 Å². The van der Waals surface area contributed by atoms with Gasteiger partial charge in [0.25, 0.3) is 0 Å². The fourth-order valence-electron chi connectivity index (χ4n) is 0.683. The van der Waals surface area contributed by atoms with Gasteiger partial charge in [-0.2, -0.15) is 0 Å². The van der Waals surface area contributed by atoms with Crippen LogP contribution in [0.1, 0.15) is 0 Å². The first kappa shape index (κ1) is 8.88. The van der Waals surface area contributed by atoms with Crippen molar-refractivity contribution in [2.24, 2.45) is 7.05 Å². The minimum Gasteiger partial charge on any atom is -0.394 e. The van der Waals surface area contributed by atoms with Gasteiger partial charge in [-0.05, 0) is 10.4 Å². The van der Waals surface area contributed by atoms with Crippen molar-refractivity contribution in [3.8, 4) is 0 Å². The molecule has 0 atom stereocenters. The second kappa shape index (κ2) is 3.98. The van der Waals surface area contributed by atoms with Crippen LogP contribution in [0.2, 0.25) is 0 Å². The molecule has 3 N–H and O–H groups in total. The van der Waals surface area contributed by atoms with Gasteiger partial charge in [0.05, 0.1) is 19.3 Å². The van der Waals surface area contributed by atoms with Gasteiger partial charge in [0.2, 0.25) is 5.95 Å². The van der Waals surface area contributed by atoms with Crippen molar-refractivity contribution in [1.29, 1.82) is 0 Å². The van der Waals surface area contributed by atoms with E-state index in [1.807, 2.05) is 0 Å². The summed E-state index contributed by atoms with van der Waals surface area (Å²) in [6.45, 7) is -0.327. The number of aromatic nitrogens is 4. The molecule has 1 aromatic heterocycles. The van der Waals surface area contributed by atoms with E-state index in [-0.39, 0.29) is 13.2 Å². The Balaban J connectivity index is 2.56. The topological polar surface area (TPSA) is 96.1 Å². The van der Waals surface area contributed by atoms with Crippen molar-refractivity contribution in [3.05, 3.63) is 0 Å². The van der Waals surface area contributed by atoms with Gasteiger partial charge in [-0.1, -0.05) is 5.10 Å². The molecule has 0 saturated carbocycles. The smallest absolute Gasteiger partial charge is 0.243 e. The van der Waals surface area contributed by atoms with Crippen LogP contribution in [0.4, 0.5) is 5.95 Å². The molecule has 12 heavy (non-hydrogen) atoms. The second-order valence-electron chi connectivity index (χ2n) is 2.33. The zero-order valence-corrected chi connectivity index (χ0v) is 6.67. The molecule has 1 aromatic rings. The molecule has 1 heterocycles. The Morgan fingerprint density at radius 3 is 2.58 bits per heavy atom. The maximum absolute atomic E-state index is 8.72. The van der Waals surface area contributed by atoms with Gasteiger partial charge in [-0.3, -0.25) is 0 Å². The summed E-state index contributed by atoms with van der Waals surface area (Å²) in [7, 11) is 1.66. The number of anilines is 1. The lowest BCUT2D eigenvalue weighted by Crippen LogP contribution is -2.29. The SMILES string of the molecule is Cn1nnnc1NC(CO)CO. The van der Waals surface area contributed by atoms with E-state index in [1.54, 1.807) is 7.05 Å². The first-order valence-electron chi connectivity index (χ1n) is 3.48. The molecule has 7 nitrogen and oxygen atoms in total. The summed E-state index contributed by atoms with van der Waals surface area (Å²) in [6, 6.07) is -0.422. The molecule has 0 unspecified atom stereocenters. The Bertz CT molecular complexity index is 233. The van der Waals surface area contributed by atoms with E-state index < -0.39 is 6.04 Å². The van der Waals surface area contributed by atoms with Crippen LogP contribution >= 0.6 is 0 Å². The van der Waals surface area contributed by atoms with Gasteiger partial charge in [0.1, 0.15) is 0 Å². The highest BCUT2D eigenvalue weighted by Gasteiger charge is 2.08. The van der Waals surface area contributed by atoms with Crippen LogP contribution in [-0.4, -0.2) is 49.7 Å². The minimum atomic E-state index is -0.422. The van der Waals surface area contributed by atoms with Crippen molar-refractivity contribution in [3.63, 3.8) is 0 Å². The fraction of sp³-hybridized carbons (Fsp3) is 0.800. The van der Waals surface area contributed by atoms with Gasteiger partial charge < -0.3 is 15.5 Å². The number of rotatable bonds is 4. The zero-order chi connectivity index (χ0) is 8.97. The standard InChI is InChI=1S/C5H11N5O2/c1-10-5(7-8-9-10)6-4(2-11)3-12/h4,11-12H,2-3H2,1H3,(H,6,7,9). The summed E-state index contributed by atoms with van der Waals surface area (Å²) in [5, 5.41) is 30.8. The third-order valence-electron chi connectivity index (χ3n) is 1.39. The number of tetrazole rings is 1. The molecule has 0 fully saturated rings. The van der Waals surface area contributed by atoms with Crippen LogP contribution in [0.15, 0.2) is 0 Å². The van der Waals surface area contributed by atoms with Crippen molar-refractivity contribution in [2.45, 2.75) is 6.04 Å². The quantitative estimate of drug-likeness (QED) is 0.486. The van der Waals surface area contributed by atoms with E-state index in [4.69, 9.17) is 10.2 Å². The summed E-state index contributed by atoms with van der Waals surface area (Å²) in [6.07, 6.45) is 0. The number of hydrogen-bond acceptors (Lipinski definition) is 6. The normalized spacial score (nSPS) is 10.7. The molecule has 0 aliphatic heterocycles. The molecular weight excluding hydrogens is 162 g/mol. The molecule has 0 amide bonds. The summed E-state index contributed by atoms with van der Waals surface area (Å²) < 4.78 is 1.42. The Labute approximate surface area is 69.0 Å². The van der Waals surface area contributed by atoms with Crippen molar-refractivity contribution >= 4 is 5.95 Å². The van der Waals surface area contributed by atoms with Gasteiger partial charge in [0.15, 0.2) is 0 Å². The summed E-state index contributed by atoms with van der Waals surface area (Å²) in [5.74, 6) is 0.420. The highest BCUT2D eigenvalue weighted by Crippen LogP contribution is 1.98. The average Bonchev–Trinajstić information content (AvgIpc) is 2.47. The van der Waals surface area contributed by atoms with Crippen LogP contribution in [-0.2, 0) is 7.05 Å². The van der Waals surface area contributed by atoms with E-state index >= 15 is 0 Å². The number of hydrogen-bond donors (Lipinski definition) is 3. The molecular formula is C5H11N5O2. The van der Waals surface area contributed by atoms with E-state index in [0.717, 1.165) is 0 Å². The summed E-state index contributed by atoms with van der Waals surface area (Å²) in [4.78, 5) is 0. The molecule has 0 radical (unpaired) electrons. The highest BCUT2D eigenvalue weighted by atomic mass is 16.3. The number of nitrogens with zero attached hydrogens (tertiary/aromatic N) is 4. The third kappa shape index (κ3) is 1.89. The number of aryl methyl sites for hydroxylation is 1. The summed E-state index contributed by atoms with van der Waals surface area (Å²) in [5.41, 5.74) is 0. The predicted octanol–water partition coefficient (Wildman–Crippen LogP) is -2.02. The average molecular weight is 173 g/mol. The monoisotopic (exact) mass is 173 g/mol. The highest BCUT2D eigenvalue weighted by molar-refractivity contribution is 5.22. The molecule has 7 heteroatoms. The van der Waals surface area contributed by atoms with Gasteiger partial charge in [-0.15, -0.1) is 0 Å². The number of nitrogens with one attached hydrogen (secondary N) is 1. The van der Waals surface area contributed by atoms with Crippen LogP contribution in [0.5, 0.6) is 0 Å². The van der Waals surface area contributed by atoms with Crippen LogP contribution in [0.25, 0.3) is 0 Å². The lowest BCUT2D eigenvalue weighted by molar-refractivity contribution is 0.203. The van der Waals surface area contributed by atoms with Gasteiger partial charge in [-0.25, -0.2) is 4.68 Å². The predicted molar refractivity (Wildman–Crippen MR) is 40.4 cm³/mol. The molecule has 0 aliphatic rings. The fourth-order valence-corrected chi connectivity index (χ4v) is 0.683. The van der Waals surface area contributed by atoms with Crippen LogP contribution in [0, 0.1) is 0 Å². The Morgan fingerprint density at radius 2 is 2.17 bits per heavy atom. The van der Waals surface area contributed by atoms with Crippen molar-refractivity contribution in [1.82, 2.24) is 20.2 Å². The first-order chi connectivity index (χ1) is 5.77. The molecule has 0 saturated heterocycles. The number of aliphatic hydroxyl groups is 2. The van der Waals surface area contributed by atoms with E-state index in [2.05, 4.69) is 20.8 Å². The molecule has 1 rings (SSSR count). The molecule has 0 aromatic carbocycles. The largest absolute Gasteiger partial charge is 0.394 e. The van der Waals surface area contributed by atoms with E-state index in [1.165, 1.54) is 4.68 Å². The first-order valence-corrected chi connectivity index (χ1v) is 3.48. The maximum atomic E-state index is 8.72. The summed E-state index contributed by atoms with van der Waals surface area (Å²) >= 11 is 0. The molecule has 68 valence electrons.